The predicted octanol–water partition coefficient (Wildman–Crippen LogP) is 2.35. The zero-order valence-electron chi connectivity index (χ0n) is 14.6. The number of nitrogens with zero attached hydrogens (tertiary/aromatic N) is 2. The number of urea groups is 1. The summed E-state index contributed by atoms with van der Waals surface area (Å²) in [5.41, 5.74) is 1.50. The molecule has 0 bridgehead atoms. The summed E-state index contributed by atoms with van der Waals surface area (Å²) in [7, 11) is 0. The molecule has 0 aliphatic rings. The molecule has 0 saturated carbocycles. The largest absolute Gasteiger partial charge is 0.455 e. The van der Waals surface area contributed by atoms with Crippen molar-refractivity contribution in [3.8, 4) is 0 Å². The highest BCUT2D eigenvalue weighted by Crippen LogP contribution is 2.17. The van der Waals surface area contributed by atoms with Crippen LogP contribution in [0.1, 0.15) is 4.88 Å². The van der Waals surface area contributed by atoms with Crippen LogP contribution in [-0.2, 0) is 20.9 Å². The molecule has 2 aromatic heterocycles. The number of para-hydroxylation sites is 2. The third-order valence-corrected chi connectivity index (χ3v) is 5.13. The van der Waals surface area contributed by atoms with Gasteiger partial charge in [0.05, 0.1) is 29.5 Å². The molecule has 2 N–H and O–H groups in total. The topological polar surface area (TPSA) is 110 Å². The zero-order valence-corrected chi connectivity index (χ0v) is 16.2. The van der Waals surface area contributed by atoms with Gasteiger partial charge in [0.25, 0.3) is 5.91 Å². The van der Waals surface area contributed by atoms with E-state index >= 15 is 0 Å². The number of aromatic nitrogens is 2. The predicted molar refractivity (Wildman–Crippen MR) is 106 cm³/mol. The standard InChI is InChI=1S/C18H16N4O4S2/c23-15(22-18(25)20-8-12-4-3-7-27-12)10-26-17(24)11-28-16-9-19-13-5-1-2-6-14(13)21-16/h1-7,9H,8,10-11H2,(H2,20,22,23,25). The van der Waals surface area contributed by atoms with Crippen LogP contribution >= 0.6 is 23.1 Å². The van der Waals surface area contributed by atoms with E-state index in [-0.39, 0.29) is 5.75 Å². The summed E-state index contributed by atoms with van der Waals surface area (Å²) < 4.78 is 4.87. The summed E-state index contributed by atoms with van der Waals surface area (Å²) in [6.07, 6.45) is 1.57. The van der Waals surface area contributed by atoms with Crippen LogP contribution in [-0.4, -0.2) is 40.2 Å². The Balaban J connectivity index is 1.36. The Bertz CT molecular complexity index is 979. The zero-order chi connectivity index (χ0) is 19.8. The molecule has 3 aromatic rings. The molecule has 1 aromatic carbocycles. The normalized spacial score (nSPS) is 10.4. The Kier molecular flexibility index (Phi) is 6.93. The van der Waals surface area contributed by atoms with Crippen molar-refractivity contribution in [2.75, 3.05) is 12.4 Å². The van der Waals surface area contributed by atoms with Crippen molar-refractivity contribution < 1.29 is 19.1 Å². The summed E-state index contributed by atoms with van der Waals surface area (Å²) >= 11 is 2.65. The summed E-state index contributed by atoms with van der Waals surface area (Å²) in [6.45, 7) is -0.213. The van der Waals surface area contributed by atoms with E-state index < -0.39 is 24.5 Å². The average Bonchev–Trinajstić information content (AvgIpc) is 3.22. The maximum atomic E-state index is 11.8. The second-order valence-corrected chi connectivity index (χ2v) is 7.48. The molecule has 8 nitrogen and oxygen atoms in total. The third kappa shape index (κ3) is 6.03. The quantitative estimate of drug-likeness (QED) is 0.449. The first-order chi connectivity index (χ1) is 13.6. The molecule has 0 spiro atoms. The lowest BCUT2D eigenvalue weighted by atomic mass is 10.3. The molecule has 0 aliphatic heterocycles. The number of carbonyl (C=O) groups is 3. The molecule has 0 atom stereocenters. The molecular formula is C18H16N4O4S2. The van der Waals surface area contributed by atoms with Gasteiger partial charge in [0.15, 0.2) is 6.61 Å². The van der Waals surface area contributed by atoms with E-state index in [9.17, 15) is 14.4 Å². The molecule has 0 aliphatic carbocycles. The lowest BCUT2D eigenvalue weighted by molar-refractivity contribution is -0.145. The fourth-order valence-corrected chi connectivity index (χ4v) is 3.40. The van der Waals surface area contributed by atoms with Crippen LogP contribution in [0, 0.1) is 0 Å². The van der Waals surface area contributed by atoms with Gasteiger partial charge in [-0.25, -0.2) is 9.78 Å². The molecule has 2 heterocycles. The first kappa shape index (κ1) is 19.8. The van der Waals surface area contributed by atoms with E-state index in [1.165, 1.54) is 11.3 Å². The first-order valence-electron chi connectivity index (χ1n) is 8.20. The molecule has 3 amide bonds. The van der Waals surface area contributed by atoms with Crippen LogP contribution < -0.4 is 10.6 Å². The minimum atomic E-state index is -0.701. The van der Waals surface area contributed by atoms with E-state index in [1.54, 1.807) is 6.20 Å². The van der Waals surface area contributed by atoms with Crippen molar-refractivity contribution in [1.82, 2.24) is 20.6 Å². The highest BCUT2D eigenvalue weighted by molar-refractivity contribution is 7.99. The van der Waals surface area contributed by atoms with Gasteiger partial charge in [0, 0.05) is 4.88 Å². The summed E-state index contributed by atoms with van der Waals surface area (Å²) in [5, 5.41) is 7.11. The number of rotatable bonds is 7. The lowest BCUT2D eigenvalue weighted by Gasteiger charge is -2.07. The number of thioether (sulfide) groups is 1. The Labute approximate surface area is 168 Å². The number of esters is 1. The summed E-state index contributed by atoms with van der Waals surface area (Å²) in [4.78, 5) is 44.7. The lowest BCUT2D eigenvalue weighted by Crippen LogP contribution is -2.41. The number of hydrogen-bond donors (Lipinski definition) is 2. The minimum absolute atomic E-state index is 0.0229. The molecule has 0 fully saturated rings. The summed E-state index contributed by atoms with van der Waals surface area (Å²) in [6, 6.07) is 10.5. The number of imide groups is 1. The number of carbonyl (C=O) groups excluding carboxylic acids is 3. The smallest absolute Gasteiger partial charge is 0.321 e. The average molecular weight is 416 g/mol. The maximum absolute atomic E-state index is 11.8. The van der Waals surface area contributed by atoms with Gasteiger partial charge in [-0.2, -0.15) is 0 Å². The Morgan fingerprint density at radius 3 is 2.71 bits per heavy atom. The third-order valence-electron chi connectivity index (χ3n) is 3.38. The van der Waals surface area contributed by atoms with Gasteiger partial charge in [0.1, 0.15) is 5.03 Å². The number of amides is 3. The number of fused-ring (bicyclic) bond motifs is 1. The molecular weight excluding hydrogens is 400 g/mol. The van der Waals surface area contributed by atoms with Gasteiger partial charge in [-0.05, 0) is 23.6 Å². The van der Waals surface area contributed by atoms with E-state index in [1.807, 2.05) is 41.8 Å². The molecule has 28 heavy (non-hydrogen) atoms. The summed E-state index contributed by atoms with van der Waals surface area (Å²) in [5.74, 6) is -1.31. The molecule has 10 heteroatoms. The van der Waals surface area contributed by atoms with Crippen LogP contribution in [0.3, 0.4) is 0 Å². The number of nitrogens with one attached hydrogen (secondary N) is 2. The van der Waals surface area contributed by atoms with Crippen LogP contribution in [0.4, 0.5) is 4.79 Å². The van der Waals surface area contributed by atoms with E-state index in [4.69, 9.17) is 4.74 Å². The Morgan fingerprint density at radius 2 is 1.93 bits per heavy atom. The molecule has 144 valence electrons. The van der Waals surface area contributed by atoms with E-state index in [0.717, 1.165) is 27.7 Å². The van der Waals surface area contributed by atoms with Gasteiger partial charge in [-0.3, -0.25) is 19.9 Å². The van der Waals surface area contributed by atoms with Crippen LogP contribution in [0.15, 0.2) is 53.0 Å². The van der Waals surface area contributed by atoms with Gasteiger partial charge in [-0.15, -0.1) is 11.3 Å². The highest BCUT2D eigenvalue weighted by Gasteiger charge is 2.12. The van der Waals surface area contributed by atoms with Crippen molar-refractivity contribution in [1.29, 1.82) is 0 Å². The van der Waals surface area contributed by atoms with Crippen molar-refractivity contribution in [2.45, 2.75) is 11.6 Å². The highest BCUT2D eigenvalue weighted by atomic mass is 32.2. The number of thiophene rings is 1. The van der Waals surface area contributed by atoms with Crippen molar-refractivity contribution in [2.24, 2.45) is 0 Å². The SMILES string of the molecule is O=C(COC(=O)CSc1cnc2ccccc2n1)NC(=O)NCc1cccs1. The van der Waals surface area contributed by atoms with Gasteiger partial charge >= 0.3 is 12.0 Å². The Hall–Kier alpha value is -2.98. The fourth-order valence-electron chi connectivity index (χ4n) is 2.12. The van der Waals surface area contributed by atoms with Gasteiger partial charge < -0.3 is 10.1 Å². The van der Waals surface area contributed by atoms with Crippen molar-refractivity contribution >= 4 is 52.0 Å². The molecule has 3 rings (SSSR count). The molecule has 0 unspecified atom stereocenters. The maximum Gasteiger partial charge on any atom is 0.321 e. The van der Waals surface area contributed by atoms with Gasteiger partial charge in [0.2, 0.25) is 0 Å². The monoisotopic (exact) mass is 416 g/mol. The molecule has 0 radical (unpaired) electrons. The van der Waals surface area contributed by atoms with E-state index in [0.29, 0.717) is 11.6 Å². The second-order valence-electron chi connectivity index (χ2n) is 5.46. The van der Waals surface area contributed by atoms with Crippen molar-refractivity contribution in [3.63, 3.8) is 0 Å². The number of benzene rings is 1. The number of ether oxygens (including phenoxy) is 1. The first-order valence-corrected chi connectivity index (χ1v) is 10.1. The Morgan fingerprint density at radius 1 is 1.11 bits per heavy atom. The van der Waals surface area contributed by atoms with Crippen LogP contribution in [0.25, 0.3) is 11.0 Å². The fraction of sp³-hybridized carbons (Fsp3) is 0.167. The van der Waals surface area contributed by atoms with E-state index in [2.05, 4.69) is 20.6 Å². The molecule has 0 saturated heterocycles. The van der Waals surface area contributed by atoms with Gasteiger partial charge in [-0.1, -0.05) is 30.0 Å². The van der Waals surface area contributed by atoms with Crippen molar-refractivity contribution in [3.05, 3.63) is 52.9 Å². The second kappa shape index (κ2) is 9.81. The minimum Gasteiger partial charge on any atom is -0.455 e. The van der Waals surface area contributed by atoms with Crippen LogP contribution in [0.2, 0.25) is 0 Å². The van der Waals surface area contributed by atoms with Crippen LogP contribution in [0.5, 0.6) is 0 Å². The number of hydrogen-bond acceptors (Lipinski definition) is 8.